The van der Waals surface area contributed by atoms with E-state index in [1.165, 1.54) is 6.20 Å². The summed E-state index contributed by atoms with van der Waals surface area (Å²) in [6, 6.07) is 0. The third kappa shape index (κ3) is 4.39. The third-order valence-corrected chi connectivity index (χ3v) is 1.38. The molecule has 0 saturated carbocycles. The average molecular weight is 209 g/mol. The van der Waals surface area contributed by atoms with Crippen LogP contribution >= 0.6 is 0 Å². The standard InChI is InChI=1S/C10H15N3O2/c1-7-5-11-6-8(12-7)13-9(14)15-10(2,3)4/h5-6H,1-4H3,(H,12,13,14). The van der Waals surface area contributed by atoms with Gasteiger partial charge in [0.25, 0.3) is 0 Å². The Balaban J connectivity index is 2.59. The number of nitrogens with one attached hydrogen (secondary N) is 1. The highest BCUT2D eigenvalue weighted by Crippen LogP contribution is 2.09. The first-order valence-corrected chi connectivity index (χ1v) is 4.65. The summed E-state index contributed by atoms with van der Waals surface area (Å²) < 4.78 is 5.06. The largest absolute Gasteiger partial charge is 0.444 e. The fourth-order valence-electron chi connectivity index (χ4n) is 0.932. The van der Waals surface area contributed by atoms with Crippen molar-refractivity contribution >= 4 is 11.9 Å². The zero-order valence-corrected chi connectivity index (χ0v) is 9.37. The van der Waals surface area contributed by atoms with Gasteiger partial charge < -0.3 is 4.74 Å². The Labute approximate surface area is 88.9 Å². The predicted octanol–water partition coefficient (Wildman–Crippen LogP) is 2.13. The quantitative estimate of drug-likeness (QED) is 0.769. The topological polar surface area (TPSA) is 64.1 Å². The van der Waals surface area contributed by atoms with Crippen LogP contribution in [0.5, 0.6) is 0 Å². The van der Waals surface area contributed by atoms with Crippen LogP contribution in [0.1, 0.15) is 26.5 Å². The van der Waals surface area contributed by atoms with Crippen molar-refractivity contribution in [2.75, 3.05) is 5.32 Å². The number of anilines is 1. The molecule has 0 aromatic carbocycles. The van der Waals surface area contributed by atoms with E-state index in [0.29, 0.717) is 5.82 Å². The number of hydrogen-bond donors (Lipinski definition) is 1. The number of amides is 1. The maximum Gasteiger partial charge on any atom is 0.413 e. The van der Waals surface area contributed by atoms with Gasteiger partial charge in [0.15, 0.2) is 5.82 Å². The number of aromatic nitrogens is 2. The van der Waals surface area contributed by atoms with Crippen LogP contribution in [0.4, 0.5) is 10.6 Å². The number of aryl methyl sites for hydroxylation is 1. The fourth-order valence-corrected chi connectivity index (χ4v) is 0.932. The van der Waals surface area contributed by atoms with Crippen molar-refractivity contribution in [1.29, 1.82) is 0 Å². The molecule has 5 nitrogen and oxygen atoms in total. The second kappa shape index (κ2) is 4.25. The SMILES string of the molecule is Cc1cncc(NC(=O)OC(C)(C)C)n1. The van der Waals surface area contributed by atoms with E-state index in [1.807, 2.05) is 0 Å². The second-order valence-corrected chi connectivity index (χ2v) is 4.17. The van der Waals surface area contributed by atoms with E-state index in [2.05, 4.69) is 15.3 Å². The lowest BCUT2D eigenvalue weighted by atomic mass is 10.2. The molecule has 5 heteroatoms. The molecular weight excluding hydrogens is 194 g/mol. The molecule has 0 aliphatic carbocycles. The molecule has 1 amide bonds. The van der Waals surface area contributed by atoms with Crippen molar-refractivity contribution in [2.24, 2.45) is 0 Å². The fraction of sp³-hybridized carbons (Fsp3) is 0.500. The minimum Gasteiger partial charge on any atom is -0.444 e. The van der Waals surface area contributed by atoms with Crippen molar-refractivity contribution in [3.8, 4) is 0 Å². The molecule has 1 heterocycles. The number of rotatable bonds is 1. The van der Waals surface area contributed by atoms with Gasteiger partial charge in [-0.15, -0.1) is 0 Å². The Hall–Kier alpha value is -1.65. The van der Waals surface area contributed by atoms with Gasteiger partial charge in [-0.3, -0.25) is 10.3 Å². The molecule has 1 N–H and O–H groups in total. The summed E-state index contributed by atoms with van der Waals surface area (Å²) in [7, 11) is 0. The molecule has 0 spiro atoms. The predicted molar refractivity (Wildman–Crippen MR) is 56.6 cm³/mol. The summed E-state index contributed by atoms with van der Waals surface area (Å²) in [6.45, 7) is 7.20. The lowest BCUT2D eigenvalue weighted by Crippen LogP contribution is -2.27. The van der Waals surface area contributed by atoms with E-state index >= 15 is 0 Å². The number of carbonyl (C=O) groups excluding carboxylic acids is 1. The highest BCUT2D eigenvalue weighted by atomic mass is 16.6. The zero-order valence-electron chi connectivity index (χ0n) is 9.37. The maximum absolute atomic E-state index is 11.3. The molecule has 0 aliphatic heterocycles. The van der Waals surface area contributed by atoms with Gasteiger partial charge in [0, 0.05) is 6.20 Å². The summed E-state index contributed by atoms with van der Waals surface area (Å²) in [5.74, 6) is 0.393. The molecule has 0 radical (unpaired) electrons. The lowest BCUT2D eigenvalue weighted by molar-refractivity contribution is 0.0635. The molecule has 82 valence electrons. The first kappa shape index (κ1) is 11.4. The minimum atomic E-state index is -0.526. The first-order valence-electron chi connectivity index (χ1n) is 4.65. The van der Waals surface area contributed by atoms with Crippen LogP contribution in [0.2, 0.25) is 0 Å². The summed E-state index contributed by atoms with van der Waals surface area (Å²) in [5, 5.41) is 2.50. The van der Waals surface area contributed by atoms with Gasteiger partial charge in [-0.25, -0.2) is 9.78 Å². The molecule has 0 fully saturated rings. The zero-order chi connectivity index (χ0) is 11.5. The maximum atomic E-state index is 11.3. The number of nitrogens with zero attached hydrogens (tertiary/aromatic N) is 2. The van der Waals surface area contributed by atoms with Gasteiger partial charge in [0.2, 0.25) is 0 Å². The van der Waals surface area contributed by atoms with E-state index in [-0.39, 0.29) is 0 Å². The molecule has 0 atom stereocenters. The van der Waals surface area contributed by atoms with Crippen molar-refractivity contribution in [3.05, 3.63) is 18.1 Å². The summed E-state index contributed by atoms with van der Waals surface area (Å²) >= 11 is 0. The van der Waals surface area contributed by atoms with Crippen LogP contribution in [-0.4, -0.2) is 21.7 Å². The Kier molecular flexibility index (Phi) is 3.24. The van der Waals surface area contributed by atoms with Gasteiger partial charge in [-0.05, 0) is 27.7 Å². The van der Waals surface area contributed by atoms with Crippen molar-refractivity contribution < 1.29 is 9.53 Å². The van der Waals surface area contributed by atoms with E-state index in [1.54, 1.807) is 33.9 Å². The van der Waals surface area contributed by atoms with Gasteiger partial charge in [-0.2, -0.15) is 0 Å². The normalized spacial score (nSPS) is 10.9. The molecule has 1 aromatic rings. The van der Waals surface area contributed by atoms with Gasteiger partial charge >= 0.3 is 6.09 Å². The Morgan fingerprint density at radius 2 is 2.07 bits per heavy atom. The third-order valence-electron chi connectivity index (χ3n) is 1.38. The van der Waals surface area contributed by atoms with Gasteiger partial charge in [-0.1, -0.05) is 0 Å². The van der Waals surface area contributed by atoms with Crippen LogP contribution in [-0.2, 0) is 4.74 Å². The minimum absolute atomic E-state index is 0.393. The highest BCUT2D eigenvalue weighted by Gasteiger charge is 2.16. The number of hydrogen-bond acceptors (Lipinski definition) is 4. The van der Waals surface area contributed by atoms with E-state index < -0.39 is 11.7 Å². The highest BCUT2D eigenvalue weighted by molar-refractivity contribution is 5.83. The van der Waals surface area contributed by atoms with Gasteiger partial charge in [0.1, 0.15) is 5.60 Å². The van der Waals surface area contributed by atoms with Crippen molar-refractivity contribution in [1.82, 2.24) is 9.97 Å². The van der Waals surface area contributed by atoms with E-state index in [9.17, 15) is 4.79 Å². The van der Waals surface area contributed by atoms with Crippen LogP contribution < -0.4 is 5.32 Å². The van der Waals surface area contributed by atoms with E-state index in [0.717, 1.165) is 5.69 Å². The molecule has 1 aromatic heterocycles. The summed E-state index contributed by atoms with van der Waals surface area (Å²) in [4.78, 5) is 19.3. The second-order valence-electron chi connectivity index (χ2n) is 4.17. The molecule has 0 unspecified atom stereocenters. The van der Waals surface area contributed by atoms with Crippen LogP contribution in [0, 0.1) is 6.92 Å². The van der Waals surface area contributed by atoms with Crippen LogP contribution in [0.15, 0.2) is 12.4 Å². The molecular formula is C10H15N3O2. The molecule has 0 saturated heterocycles. The monoisotopic (exact) mass is 209 g/mol. The Bertz CT molecular complexity index is 358. The van der Waals surface area contributed by atoms with Crippen molar-refractivity contribution in [3.63, 3.8) is 0 Å². The Morgan fingerprint density at radius 1 is 1.40 bits per heavy atom. The van der Waals surface area contributed by atoms with Gasteiger partial charge in [0.05, 0.1) is 11.9 Å². The van der Waals surface area contributed by atoms with E-state index in [4.69, 9.17) is 4.74 Å². The molecule has 15 heavy (non-hydrogen) atoms. The summed E-state index contributed by atoms with van der Waals surface area (Å²) in [6.07, 6.45) is 2.55. The average Bonchev–Trinajstić information content (AvgIpc) is 1.99. The number of ether oxygens (including phenoxy) is 1. The number of carbonyl (C=O) groups is 1. The van der Waals surface area contributed by atoms with Crippen molar-refractivity contribution in [2.45, 2.75) is 33.3 Å². The smallest absolute Gasteiger partial charge is 0.413 e. The molecule has 1 rings (SSSR count). The van der Waals surface area contributed by atoms with Crippen LogP contribution in [0.3, 0.4) is 0 Å². The van der Waals surface area contributed by atoms with Crippen LogP contribution in [0.25, 0.3) is 0 Å². The summed E-state index contributed by atoms with van der Waals surface area (Å²) in [5.41, 5.74) is 0.227. The first-order chi connectivity index (χ1) is 6.87. The molecule has 0 aliphatic rings. The Morgan fingerprint density at radius 3 is 2.60 bits per heavy atom. The molecule has 0 bridgehead atoms. The lowest BCUT2D eigenvalue weighted by Gasteiger charge is -2.19.